The van der Waals surface area contributed by atoms with E-state index in [4.69, 9.17) is 0 Å². The van der Waals surface area contributed by atoms with Crippen LogP contribution in [0.4, 0.5) is 17.6 Å². The van der Waals surface area contributed by atoms with E-state index in [-0.39, 0.29) is 17.9 Å². The number of hydrogen-bond donors (Lipinski definition) is 1. The molecule has 1 amide bonds. The third-order valence-corrected chi connectivity index (χ3v) is 3.15. The molecule has 0 bridgehead atoms. The molecule has 0 aliphatic carbocycles. The average molecular weight is 311 g/mol. The number of carbonyl (C=O) groups excluding carboxylic acids is 1. The van der Waals surface area contributed by atoms with E-state index in [9.17, 15) is 22.4 Å². The van der Waals surface area contributed by atoms with Gasteiger partial charge in [0.25, 0.3) is 5.91 Å². The topological polar surface area (TPSA) is 29.1 Å². The number of benzene rings is 2. The van der Waals surface area contributed by atoms with Gasteiger partial charge < -0.3 is 5.32 Å². The van der Waals surface area contributed by atoms with Gasteiger partial charge in [-0.1, -0.05) is 12.1 Å². The lowest BCUT2D eigenvalue weighted by Gasteiger charge is -2.09. The van der Waals surface area contributed by atoms with Crippen molar-refractivity contribution in [2.45, 2.75) is 19.6 Å². The number of halogens is 4. The quantitative estimate of drug-likeness (QED) is 0.850. The van der Waals surface area contributed by atoms with Gasteiger partial charge >= 0.3 is 6.18 Å². The zero-order valence-electron chi connectivity index (χ0n) is 11.7. The zero-order chi connectivity index (χ0) is 16.3. The summed E-state index contributed by atoms with van der Waals surface area (Å²) in [5.74, 6) is -0.825. The van der Waals surface area contributed by atoms with Crippen molar-refractivity contribution in [2.24, 2.45) is 0 Å². The van der Waals surface area contributed by atoms with Crippen molar-refractivity contribution < 1.29 is 22.4 Å². The first-order valence-corrected chi connectivity index (χ1v) is 6.48. The fourth-order valence-corrected chi connectivity index (χ4v) is 1.91. The SMILES string of the molecule is Cc1cc(CNC(=O)c2ccc(C(F)(F)F)cc2)ccc1F. The minimum atomic E-state index is -4.43. The molecule has 2 aromatic carbocycles. The predicted octanol–water partition coefficient (Wildman–Crippen LogP) is 4.08. The number of aryl methyl sites for hydroxylation is 1. The Morgan fingerprint density at radius 3 is 2.27 bits per heavy atom. The van der Waals surface area contributed by atoms with Gasteiger partial charge in [-0.25, -0.2) is 4.39 Å². The maximum absolute atomic E-state index is 13.1. The number of hydrogen-bond acceptors (Lipinski definition) is 1. The highest BCUT2D eigenvalue weighted by atomic mass is 19.4. The molecule has 0 heterocycles. The van der Waals surface area contributed by atoms with Crippen molar-refractivity contribution >= 4 is 5.91 Å². The molecule has 0 spiro atoms. The molecule has 0 atom stereocenters. The van der Waals surface area contributed by atoms with Crippen LogP contribution in [0.5, 0.6) is 0 Å². The summed E-state index contributed by atoms with van der Waals surface area (Å²) in [6.45, 7) is 1.78. The van der Waals surface area contributed by atoms with Gasteiger partial charge in [0.2, 0.25) is 0 Å². The summed E-state index contributed by atoms with van der Waals surface area (Å²) in [5, 5.41) is 2.58. The van der Waals surface area contributed by atoms with Crippen molar-refractivity contribution in [3.05, 3.63) is 70.5 Å². The molecular weight excluding hydrogens is 298 g/mol. The second-order valence-corrected chi connectivity index (χ2v) is 4.84. The summed E-state index contributed by atoms with van der Waals surface area (Å²) in [7, 11) is 0. The second kappa shape index (κ2) is 6.17. The molecule has 6 heteroatoms. The van der Waals surface area contributed by atoms with Gasteiger partial charge in [-0.15, -0.1) is 0 Å². The smallest absolute Gasteiger partial charge is 0.348 e. The van der Waals surface area contributed by atoms with E-state index in [0.29, 0.717) is 11.1 Å². The number of rotatable bonds is 3. The third kappa shape index (κ3) is 3.84. The van der Waals surface area contributed by atoms with Crippen LogP contribution in [0, 0.1) is 12.7 Å². The highest BCUT2D eigenvalue weighted by molar-refractivity contribution is 5.94. The molecule has 0 fully saturated rings. The largest absolute Gasteiger partial charge is 0.416 e. The molecule has 0 radical (unpaired) electrons. The Morgan fingerprint density at radius 2 is 1.73 bits per heavy atom. The Bertz CT molecular complexity index is 678. The highest BCUT2D eigenvalue weighted by Gasteiger charge is 2.30. The molecular formula is C16H13F4NO. The lowest BCUT2D eigenvalue weighted by atomic mass is 10.1. The fourth-order valence-electron chi connectivity index (χ4n) is 1.91. The molecule has 1 N–H and O–H groups in total. The van der Waals surface area contributed by atoms with E-state index >= 15 is 0 Å². The molecule has 0 aromatic heterocycles. The van der Waals surface area contributed by atoms with Crippen molar-refractivity contribution in [1.29, 1.82) is 0 Å². The van der Waals surface area contributed by atoms with Crippen LogP contribution >= 0.6 is 0 Å². The third-order valence-electron chi connectivity index (χ3n) is 3.15. The van der Waals surface area contributed by atoms with Crippen LogP contribution in [0.1, 0.15) is 27.0 Å². The van der Waals surface area contributed by atoms with E-state index in [2.05, 4.69) is 5.32 Å². The molecule has 0 unspecified atom stereocenters. The van der Waals surface area contributed by atoms with Crippen LogP contribution in [-0.2, 0) is 12.7 Å². The first-order valence-electron chi connectivity index (χ1n) is 6.48. The Kier molecular flexibility index (Phi) is 4.49. The second-order valence-electron chi connectivity index (χ2n) is 4.84. The maximum Gasteiger partial charge on any atom is 0.416 e. The van der Waals surface area contributed by atoms with Gasteiger partial charge in [0, 0.05) is 12.1 Å². The molecule has 0 saturated heterocycles. The highest BCUT2D eigenvalue weighted by Crippen LogP contribution is 2.29. The van der Waals surface area contributed by atoms with Gasteiger partial charge in [0.15, 0.2) is 0 Å². The average Bonchev–Trinajstić information content (AvgIpc) is 2.47. The molecule has 2 nitrogen and oxygen atoms in total. The first kappa shape index (κ1) is 16.0. The summed E-state index contributed by atoms with van der Waals surface area (Å²) in [5.41, 5.74) is 0.491. The van der Waals surface area contributed by atoms with E-state index in [1.54, 1.807) is 13.0 Å². The number of amides is 1. The van der Waals surface area contributed by atoms with E-state index in [1.165, 1.54) is 12.1 Å². The Labute approximate surface area is 124 Å². The summed E-state index contributed by atoms with van der Waals surface area (Å²) < 4.78 is 50.4. The molecule has 0 saturated carbocycles. The van der Waals surface area contributed by atoms with Gasteiger partial charge in [0.1, 0.15) is 5.82 Å². The van der Waals surface area contributed by atoms with Crippen LogP contribution < -0.4 is 5.32 Å². The van der Waals surface area contributed by atoms with E-state index in [0.717, 1.165) is 24.3 Å². The van der Waals surface area contributed by atoms with Gasteiger partial charge in [-0.3, -0.25) is 4.79 Å². The molecule has 0 aliphatic rings. The van der Waals surface area contributed by atoms with Gasteiger partial charge in [-0.2, -0.15) is 13.2 Å². The first-order chi connectivity index (χ1) is 10.3. The Balaban J connectivity index is 2.01. The number of carbonyl (C=O) groups is 1. The predicted molar refractivity (Wildman–Crippen MR) is 73.8 cm³/mol. The van der Waals surface area contributed by atoms with Crippen LogP contribution in [0.25, 0.3) is 0 Å². The van der Waals surface area contributed by atoms with Crippen molar-refractivity contribution in [1.82, 2.24) is 5.32 Å². The Hall–Kier alpha value is -2.37. The van der Waals surface area contributed by atoms with Crippen molar-refractivity contribution in [2.75, 3.05) is 0 Å². The standard InChI is InChI=1S/C16H13F4NO/c1-10-8-11(2-7-14(10)17)9-21-15(22)12-3-5-13(6-4-12)16(18,19)20/h2-8H,9H2,1H3,(H,21,22). The summed E-state index contributed by atoms with van der Waals surface area (Å²) in [6.07, 6.45) is -4.43. The van der Waals surface area contributed by atoms with Crippen LogP contribution in [0.3, 0.4) is 0 Å². The minimum Gasteiger partial charge on any atom is -0.348 e. The monoisotopic (exact) mass is 311 g/mol. The summed E-state index contributed by atoms with van der Waals surface area (Å²) >= 11 is 0. The molecule has 2 rings (SSSR count). The van der Waals surface area contributed by atoms with E-state index < -0.39 is 17.6 Å². The van der Waals surface area contributed by atoms with Crippen LogP contribution in [-0.4, -0.2) is 5.91 Å². The fraction of sp³-hybridized carbons (Fsp3) is 0.188. The van der Waals surface area contributed by atoms with Gasteiger partial charge in [-0.05, 0) is 48.4 Å². The minimum absolute atomic E-state index is 0.131. The molecule has 0 aliphatic heterocycles. The van der Waals surface area contributed by atoms with Gasteiger partial charge in [0.05, 0.1) is 5.56 Å². The lowest BCUT2D eigenvalue weighted by Crippen LogP contribution is -2.23. The molecule has 2 aromatic rings. The zero-order valence-corrected chi connectivity index (χ0v) is 11.7. The van der Waals surface area contributed by atoms with Crippen molar-refractivity contribution in [3.8, 4) is 0 Å². The molecule has 116 valence electrons. The number of alkyl halides is 3. The van der Waals surface area contributed by atoms with Crippen LogP contribution in [0.2, 0.25) is 0 Å². The normalized spacial score (nSPS) is 11.3. The van der Waals surface area contributed by atoms with E-state index in [1.807, 2.05) is 0 Å². The Morgan fingerprint density at radius 1 is 1.09 bits per heavy atom. The number of nitrogens with one attached hydrogen (secondary N) is 1. The van der Waals surface area contributed by atoms with Crippen molar-refractivity contribution in [3.63, 3.8) is 0 Å². The molecule has 22 heavy (non-hydrogen) atoms. The lowest BCUT2D eigenvalue weighted by molar-refractivity contribution is -0.137. The van der Waals surface area contributed by atoms with Crippen LogP contribution in [0.15, 0.2) is 42.5 Å². The summed E-state index contributed by atoms with van der Waals surface area (Å²) in [4.78, 5) is 11.9. The summed E-state index contributed by atoms with van der Waals surface area (Å²) in [6, 6.07) is 8.39. The maximum atomic E-state index is 13.1.